The maximum Gasteiger partial charge on any atom is 0.251 e. The number of rotatable bonds is 12. The first-order valence-electron chi connectivity index (χ1n) is 10.8. The summed E-state index contributed by atoms with van der Waals surface area (Å²) in [5, 5.41) is 2.81. The Hall–Kier alpha value is -3.69. The van der Waals surface area contributed by atoms with Gasteiger partial charge in [-0.2, -0.15) is 0 Å². The van der Waals surface area contributed by atoms with Crippen molar-refractivity contribution in [2.24, 2.45) is 0 Å². The van der Waals surface area contributed by atoms with Crippen LogP contribution in [0.15, 0.2) is 84.4 Å². The summed E-state index contributed by atoms with van der Waals surface area (Å²) in [5.41, 5.74) is 1.02. The van der Waals surface area contributed by atoms with Gasteiger partial charge >= 0.3 is 0 Å². The zero-order valence-electron chi connectivity index (χ0n) is 18.9. The van der Waals surface area contributed by atoms with Gasteiger partial charge in [0.25, 0.3) is 5.91 Å². The number of aromatic nitrogens is 1. The molecule has 0 saturated carbocycles. The first kappa shape index (κ1) is 24.9. The second-order valence-corrected chi connectivity index (χ2v) is 9.00. The summed E-state index contributed by atoms with van der Waals surface area (Å²) in [6, 6.07) is 16.5. The molecule has 8 nitrogen and oxygen atoms in total. The molecule has 0 aliphatic carbocycles. The second kappa shape index (κ2) is 12.0. The van der Waals surface area contributed by atoms with Gasteiger partial charge in [0.05, 0.1) is 11.5 Å². The molecule has 3 aromatic rings. The molecule has 0 radical (unpaired) electrons. The van der Waals surface area contributed by atoms with Crippen LogP contribution in [0, 0.1) is 0 Å². The molecule has 0 fully saturated rings. The number of ether oxygens (including phenoxy) is 2. The molecule has 1 aromatic heterocycles. The number of carbonyl (C=O) groups excluding carboxylic acids is 1. The van der Waals surface area contributed by atoms with E-state index in [1.54, 1.807) is 24.4 Å². The van der Waals surface area contributed by atoms with Crippen molar-refractivity contribution in [3.8, 4) is 17.4 Å². The van der Waals surface area contributed by atoms with Crippen molar-refractivity contribution in [3.63, 3.8) is 0 Å². The van der Waals surface area contributed by atoms with Crippen LogP contribution in [0.25, 0.3) is 0 Å². The molecule has 0 aliphatic heterocycles. The summed E-state index contributed by atoms with van der Waals surface area (Å²) < 4.78 is 38.1. The van der Waals surface area contributed by atoms with Gasteiger partial charge in [0.1, 0.15) is 11.5 Å². The molecule has 0 aliphatic rings. The highest BCUT2D eigenvalue weighted by atomic mass is 32.2. The van der Waals surface area contributed by atoms with Gasteiger partial charge in [0.15, 0.2) is 0 Å². The van der Waals surface area contributed by atoms with Crippen molar-refractivity contribution in [2.45, 2.75) is 24.8 Å². The lowest BCUT2D eigenvalue weighted by Crippen LogP contribution is -2.25. The molecule has 2 aromatic carbocycles. The highest BCUT2D eigenvalue weighted by molar-refractivity contribution is 7.89. The van der Waals surface area contributed by atoms with Crippen LogP contribution in [0.5, 0.6) is 17.4 Å². The van der Waals surface area contributed by atoms with Gasteiger partial charge in [-0.3, -0.25) is 4.79 Å². The fourth-order valence-electron chi connectivity index (χ4n) is 2.90. The lowest BCUT2D eigenvalue weighted by molar-refractivity contribution is 0.0950. The molecule has 9 heteroatoms. The van der Waals surface area contributed by atoms with E-state index in [1.165, 1.54) is 30.3 Å². The van der Waals surface area contributed by atoms with E-state index in [4.69, 9.17) is 9.47 Å². The molecule has 178 valence electrons. The van der Waals surface area contributed by atoms with Crippen molar-refractivity contribution in [1.29, 1.82) is 0 Å². The maximum absolute atomic E-state index is 12.6. The Kier molecular flexibility index (Phi) is 8.78. The van der Waals surface area contributed by atoms with Crippen LogP contribution in [0.4, 0.5) is 0 Å². The minimum absolute atomic E-state index is 0.0694. The van der Waals surface area contributed by atoms with Crippen molar-refractivity contribution in [3.05, 3.63) is 90.6 Å². The minimum Gasteiger partial charge on any atom is -0.494 e. The Morgan fingerprint density at radius 2 is 1.76 bits per heavy atom. The smallest absolute Gasteiger partial charge is 0.251 e. The number of hydrogen-bond acceptors (Lipinski definition) is 6. The van der Waals surface area contributed by atoms with Gasteiger partial charge in [-0.05, 0) is 61.0 Å². The Bertz CT molecular complexity index is 1210. The molecule has 0 unspecified atom stereocenters. The highest BCUT2D eigenvalue weighted by Gasteiger charge is 2.14. The number of pyridine rings is 1. The zero-order chi connectivity index (χ0) is 24.4. The Morgan fingerprint density at radius 1 is 1.06 bits per heavy atom. The van der Waals surface area contributed by atoms with Crippen LogP contribution in [0.3, 0.4) is 0 Å². The number of hydrogen-bond donors (Lipinski definition) is 2. The van der Waals surface area contributed by atoms with Gasteiger partial charge in [0, 0.05) is 30.4 Å². The predicted molar refractivity (Wildman–Crippen MR) is 130 cm³/mol. The zero-order valence-corrected chi connectivity index (χ0v) is 19.7. The Labute approximate surface area is 199 Å². The van der Waals surface area contributed by atoms with Crippen LogP contribution < -0.4 is 19.5 Å². The molecule has 0 atom stereocenters. The molecule has 0 saturated heterocycles. The number of sulfonamides is 1. The maximum atomic E-state index is 12.6. The summed E-state index contributed by atoms with van der Waals surface area (Å²) >= 11 is 0. The van der Waals surface area contributed by atoms with Crippen LogP contribution >= 0.6 is 0 Å². The lowest BCUT2D eigenvalue weighted by Gasteiger charge is -2.12. The number of nitrogens with one attached hydrogen (secondary N) is 2. The quantitative estimate of drug-likeness (QED) is 0.378. The minimum atomic E-state index is -3.65. The molecule has 34 heavy (non-hydrogen) atoms. The Morgan fingerprint density at radius 3 is 2.44 bits per heavy atom. The van der Waals surface area contributed by atoms with Gasteiger partial charge in [0.2, 0.25) is 15.9 Å². The fraction of sp³-hybridized carbons (Fsp3) is 0.200. The molecule has 0 spiro atoms. The largest absolute Gasteiger partial charge is 0.494 e. The van der Waals surface area contributed by atoms with Gasteiger partial charge in [-0.15, -0.1) is 6.58 Å². The molecular weight excluding hydrogens is 454 g/mol. The normalized spacial score (nSPS) is 11.0. The van der Waals surface area contributed by atoms with E-state index in [-0.39, 0.29) is 23.9 Å². The third kappa shape index (κ3) is 6.90. The second-order valence-electron chi connectivity index (χ2n) is 7.24. The fourth-order valence-corrected chi connectivity index (χ4v) is 3.90. The van der Waals surface area contributed by atoms with Crippen molar-refractivity contribution >= 4 is 15.9 Å². The van der Waals surface area contributed by atoms with Crippen molar-refractivity contribution in [2.75, 3.05) is 13.2 Å². The lowest BCUT2D eigenvalue weighted by atomic mass is 10.2. The molecule has 0 bridgehead atoms. The van der Waals surface area contributed by atoms with E-state index in [1.807, 2.05) is 25.1 Å². The van der Waals surface area contributed by atoms with E-state index in [0.29, 0.717) is 29.4 Å². The summed E-state index contributed by atoms with van der Waals surface area (Å²) in [5.74, 6) is 1.38. The average Bonchev–Trinajstić information content (AvgIpc) is 2.86. The third-order valence-corrected chi connectivity index (χ3v) is 6.08. The standard InChI is InChI=1S/C25H27N3O5S/c1-3-15-28-34(30,31)23-13-7-19(8-14-23)24(29)27-18-20-6-5-16-26-25(20)33-22-11-9-21(10-12-22)32-17-4-2/h3,5-14,16,28H,1,4,15,17-18H2,2H3,(H,27,29). The van der Waals surface area contributed by atoms with Gasteiger partial charge in [-0.1, -0.05) is 19.1 Å². The number of amides is 1. The van der Waals surface area contributed by atoms with E-state index < -0.39 is 10.0 Å². The van der Waals surface area contributed by atoms with Crippen LogP contribution in [0.2, 0.25) is 0 Å². The van der Waals surface area contributed by atoms with E-state index in [2.05, 4.69) is 21.6 Å². The van der Waals surface area contributed by atoms with Crippen LogP contribution in [0.1, 0.15) is 29.3 Å². The summed E-state index contributed by atoms with van der Waals surface area (Å²) in [6.45, 7) is 6.48. The molecule has 3 rings (SSSR count). The van der Waals surface area contributed by atoms with Crippen molar-refractivity contribution < 1.29 is 22.7 Å². The molecule has 2 N–H and O–H groups in total. The van der Waals surface area contributed by atoms with Gasteiger partial charge < -0.3 is 14.8 Å². The topological polar surface area (TPSA) is 107 Å². The van der Waals surface area contributed by atoms with Crippen LogP contribution in [-0.2, 0) is 16.6 Å². The first-order chi connectivity index (χ1) is 16.4. The summed E-state index contributed by atoms with van der Waals surface area (Å²) in [6.07, 6.45) is 3.99. The highest BCUT2D eigenvalue weighted by Crippen LogP contribution is 2.25. The number of benzene rings is 2. The molecule has 1 heterocycles. The SMILES string of the molecule is C=CCNS(=O)(=O)c1ccc(C(=O)NCc2cccnc2Oc2ccc(OCCC)cc2)cc1. The van der Waals surface area contributed by atoms with Crippen LogP contribution in [-0.4, -0.2) is 32.5 Å². The van der Waals surface area contributed by atoms with E-state index in [0.717, 1.165) is 12.2 Å². The van der Waals surface area contributed by atoms with Crippen molar-refractivity contribution in [1.82, 2.24) is 15.0 Å². The Balaban J connectivity index is 1.62. The third-order valence-electron chi connectivity index (χ3n) is 4.64. The number of carbonyl (C=O) groups is 1. The first-order valence-corrected chi connectivity index (χ1v) is 12.2. The average molecular weight is 482 g/mol. The summed E-state index contributed by atoms with van der Waals surface area (Å²) in [4.78, 5) is 16.9. The molecular formula is C25H27N3O5S. The predicted octanol–water partition coefficient (Wildman–Crippen LogP) is 4.06. The van der Waals surface area contributed by atoms with E-state index in [9.17, 15) is 13.2 Å². The van der Waals surface area contributed by atoms with E-state index >= 15 is 0 Å². The summed E-state index contributed by atoms with van der Waals surface area (Å²) in [7, 11) is -3.65. The van der Waals surface area contributed by atoms with Gasteiger partial charge in [-0.25, -0.2) is 18.1 Å². The molecule has 1 amide bonds. The monoisotopic (exact) mass is 481 g/mol. The number of nitrogens with zero attached hydrogens (tertiary/aromatic N) is 1.